The Hall–Kier alpha value is 5.73. The summed E-state index contributed by atoms with van der Waals surface area (Å²) in [6.45, 7) is 39.6. The summed E-state index contributed by atoms with van der Waals surface area (Å²) in [6.07, 6.45) is 0. The molecule has 0 aromatic carbocycles. The van der Waals surface area contributed by atoms with Crippen LogP contribution in [0, 0.1) is 0 Å². The van der Waals surface area contributed by atoms with E-state index in [0.29, 0.717) is 0 Å². The van der Waals surface area contributed by atoms with Crippen molar-refractivity contribution in [3.05, 3.63) is 0 Å². The van der Waals surface area contributed by atoms with Crippen LogP contribution >= 0.6 is 0 Å². The fourth-order valence-electron chi connectivity index (χ4n) is 6.13. The van der Waals surface area contributed by atoms with Crippen molar-refractivity contribution < 1.29 is 196 Å². The summed E-state index contributed by atoms with van der Waals surface area (Å²) in [7, 11) is -36.2. The zero-order valence-electron chi connectivity index (χ0n) is 52.2. The molecule has 3 N–H and O–H groups in total. The van der Waals surface area contributed by atoms with Crippen molar-refractivity contribution in [3.63, 3.8) is 0 Å². The fourth-order valence-corrected chi connectivity index (χ4v) is 65.6. The van der Waals surface area contributed by atoms with Gasteiger partial charge in [0, 0.05) is 108 Å². The Bertz CT molecular complexity index is 1480. The molecule has 24 nitrogen and oxygen atoms in total. The molecule has 0 aromatic rings. The molecule has 0 aliphatic carbocycles. The average Bonchev–Trinajstić information content (AvgIpc) is 3.03. The molecule has 0 radical (unpaired) electrons. The van der Waals surface area contributed by atoms with Gasteiger partial charge in [-0.15, -0.1) is 0 Å². The second kappa shape index (κ2) is 35.8. The molecule has 44 heteroatoms. The Morgan fingerprint density at radius 3 is 1.08 bits per heavy atom. The Morgan fingerprint density at radius 2 is 0.761 bits per heavy atom. The summed E-state index contributed by atoms with van der Waals surface area (Å²) in [6, 6.07) is 0. The van der Waals surface area contributed by atoms with E-state index >= 15 is 0 Å². The average molecular weight is 1350 g/mol. The summed E-state index contributed by atoms with van der Waals surface area (Å²) >= 11 is 0. The van der Waals surface area contributed by atoms with Crippen molar-refractivity contribution in [3.8, 4) is 0 Å². The summed E-state index contributed by atoms with van der Waals surface area (Å²) in [5, 5.41) is 0. The van der Waals surface area contributed by atoms with Crippen molar-refractivity contribution in [1.82, 2.24) is 0 Å². The fraction of sp³-hybridized carbons (Fsp3) is 1.00. The molecule has 2 aliphatic rings. The zero-order chi connectivity index (χ0) is 54.2. The van der Waals surface area contributed by atoms with Crippen molar-refractivity contribution in [2.75, 3.05) is 42.7 Å². The Morgan fingerprint density at radius 1 is 0.437 bits per heavy atom. The van der Waals surface area contributed by atoms with Crippen LogP contribution in [0.2, 0.25) is 137 Å². The Kier molecular flexibility index (Phi) is 43.1. The second-order valence-corrected chi connectivity index (χ2v) is 67.1. The number of methoxy groups -OCH3 is 2. The van der Waals surface area contributed by atoms with Crippen LogP contribution in [-0.2, 0) is 88.3 Å². The molecule has 10 atom stereocenters. The SMILES string of the molecule is COC.COC.CO[Si](C)(O)O[Si]1(C)O[Si](C)(O)O[Si](C)(O[SiH2]O)O[Si](C)(O[SiH2]C)O1.CO[Si](C)(O[Si](C)(C)C)O[Si]1(C)O[Si](C)(O[SiH2]C)O[Si](C)(O[SiH2]O[Si](C)(C)C)O[Si](C)(O[Si](C)(C)C)O1.[H-].[H-].[H-].[Na+].[Na+].[Na+]. The first kappa shape index (κ1) is 85.5. The van der Waals surface area contributed by atoms with Crippen LogP contribution in [0.3, 0.4) is 0 Å². The maximum Gasteiger partial charge on any atom is 1.00 e. The minimum Gasteiger partial charge on any atom is -1.00 e. The van der Waals surface area contributed by atoms with Gasteiger partial charge in [-0.25, -0.2) is 0 Å². The van der Waals surface area contributed by atoms with Gasteiger partial charge in [-0.05, 0) is 58.9 Å². The molecule has 0 amide bonds. The molecule has 2 heterocycles. The molecule has 0 saturated carbocycles. The largest absolute Gasteiger partial charge is 1.00 e. The predicted octanol–water partition coefficient (Wildman–Crippen LogP) is -7.12. The van der Waals surface area contributed by atoms with E-state index in [2.05, 4.69) is 68.4 Å². The second-order valence-electron chi connectivity index (χ2n) is 19.0. The first-order valence-corrected chi connectivity index (χ1v) is 60.8. The first-order chi connectivity index (χ1) is 30.3. The molecular formula is C27H95Na3O24Si17. The van der Waals surface area contributed by atoms with E-state index in [1.807, 2.05) is 45.8 Å². The van der Waals surface area contributed by atoms with Crippen molar-refractivity contribution in [2.24, 2.45) is 0 Å². The molecule has 2 aliphatic heterocycles. The summed E-state index contributed by atoms with van der Waals surface area (Å²) in [4.78, 5) is 30.1. The van der Waals surface area contributed by atoms with E-state index in [4.69, 9.17) is 78.8 Å². The van der Waals surface area contributed by atoms with E-state index in [-0.39, 0.29) is 93.0 Å². The smallest absolute Gasteiger partial charge is 1.00 e. The maximum absolute atomic E-state index is 10.6. The van der Waals surface area contributed by atoms with Crippen molar-refractivity contribution >= 4 is 153 Å². The molecule has 2 fully saturated rings. The number of rotatable bonds is 20. The van der Waals surface area contributed by atoms with E-state index in [0.717, 1.165) is 0 Å². The van der Waals surface area contributed by atoms with Crippen LogP contribution < -0.4 is 88.7 Å². The van der Waals surface area contributed by atoms with Gasteiger partial charge in [-0.2, -0.15) is 0 Å². The van der Waals surface area contributed by atoms with Gasteiger partial charge < -0.3 is 107 Å². The Labute approximate surface area is 522 Å². The number of ether oxygens (including phenoxy) is 2. The number of hydrogen-bond acceptors (Lipinski definition) is 24. The third-order valence-corrected chi connectivity index (χ3v) is 62.2. The minimum atomic E-state index is -3.81. The summed E-state index contributed by atoms with van der Waals surface area (Å²) < 4.78 is 125. The quantitative estimate of drug-likeness (QED) is 0.0958. The van der Waals surface area contributed by atoms with Gasteiger partial charge in [0.25, 0.3) is 20.0 Å². The Balaban J connectivity index is -0.000000172. The zero-order valence-corrected chi connectivity index (χ0v) is 73.9. The van der Waals surface area contributed by atoms with Gasteiger partial charge in [0.05, 0.1) is 0 Å². The summed E-state index contributed by atoms with van der Waals surface area (Å²) in [5.74, 6) is 0. The van der Waals surface area contributed by atoms with Crippen LogP contribution in [-0.4, -0.2) is 210 Å². The molecule has 2 rings (SSSR count). The third kappa shape index (κ3) is 38.3. The predicted molar refractivity (Wildman–Crippen MR) is 300 cm³/mol. The minimum absolute atomic E-state index is 0. The molecule has 0 bridgehead atoms. The topological polar surface area (TPSA) is 255 Å². The van der Waals surface area contributed by atoms with Crippen LogP contribution in [0.1, 0.15) is 4.28 Å². The molecule has 2 saturated heterocycles. The monoisotopic (exact) mass is 1350 g/mol. The van der Waals surface area contributed by atoms with Gasteiger partial charge in [0.2, 0.25) is 0 Å². The van der Waals surface area contributed by atoms with Crippen LogP contribution in [0.15, 0.2) is 0 Å². The summed E-state index contributed by atoms with van der Waals surface area (Å²) in [5.41, 5.74) is 0. The third-order valence-electron chi connectivity index (χ3n) is 7.41. The van der Waals surface area contributed by atoms with Gasteiger partial charge >= 0.3 is 177 Å². The van der Waals surface area contributed by atoms with Gasteiger partial charge in [-0.3, -0.25) is 0 Å². The normalized spacial score (nSPS) is 33.9. The molecule has 71 heavy (non-hydrogen) atoms. The van der Waals surface area contributed by atoms with Crippen molar-refractivity contribution in [2.45, 2.75) is 137 Å². The van der Waals surface area contributed by atoms with E-state index in [1.165, 1.54) is 26.8 Å². The molecule has 10 unspecified atom stereocenters. The van der Waals surface area contributed by atoms with Gasteiger partial charge in [0.15, 0.2) is 25.0 Å². The van der Waals surface area contributed by atoms with E-state index in [9.17, 15) is 14.4 Å². The molecular weight excluding hydrogens is 1250 g/mol. The number of hydrogen-bond donors (Lipinski definition) is 3. The van der Waals surface area contributed by atoms with Crippen molar-refractivity contribution in [1.29, 1.82) is 0 Å². The van der Waals surface area contributed by atoms with Gasteiger partial charge in [-0.1, -0.05) is 13.1 Å². The van der Waals surface area contributed by atoms with Crippen LogP contribution in [0.5, 0.6) is 0 Å². The maximum atomic E-state index is 10.6. The van der Waals surface area contributed by atoms with Crippen LogP contribution in [0.25, 0.3) is 0 Å². The first-order valence-electron chi connectivity index (χ1n) is 21.9. The van der Waals surface area contributed by atoms with E-state index < -0.39 is 153 Å². The molecule has 418 valence electrons. The molecule has 0 aromatic heterocycles. The standard InChI is InChI=1S/C16H52O11Si10.C7H28O11Si7.2C2H6O.3Na.3H/c1-17-33(12,21-31(6,7)8)23-37(16)25-34(13,18-28-2)24-35(14,20-29-19-30(3,4)5)26-36(15,27-37)22-32(9,10)11;1-11-21(3,9)14-25(7)16-22(4,10)15-24(6,13-20-8)17-23(5,18-25)12-19-2;2*1-3-2;;;;;;/h28-29H2,1-16H3;8-10H,19-20H2,1-7H3;2*1-2H3;;;;;;/q;;;;3*+1;3*-1. The molecule has 0 spiro atoms. The van der Waals surface area contributed by atoms with E-state index in [1.54, 1.807) is 48.6 Å². The van der Waals surface area contributed by atoms with Crippen LogP contribution in [0.4, 0.5) is 0 Å². The van der Waals surface area contributed by atoms with Gasteiger partial charge in [0.1, 0.15) is 19.5 Å².